The molecule has 1 aromatic carbocycles. The average molecular weight is 302 g/mol. The molecule has 0 aliphatic heterocycles. The van der Waals surface area contributed by atoms with Gasteiger partial charge in [0.2, 0.25) is 17.6 Å². The lowest BCUT2D eigenvalue weighted by atomic mass is 10.3. The van der Waals surface area contributed by atoms with Crippen molar-refractivity contribution in [3.05, 3.63) is 36.0 Å². The Bertz CT molecular complexity index is 634. The summed E-state index contributed by atoms with van der Waals surface area (Å²) in [5.74, 6) is 2.27. The van der Waals surface area contributed by atoms with Crippen LogP contribution >= 0.6 is 0 Å². The second-order valence-corrected chi connectivity index (χ2v) is 5.22. The van der Waals surface area contributed by atoms with Gasteiger partial charge in [-0.25, -0.2) is 0 Å². The number of ether oxygens (including phenoxy) is 1. The summed E-state index contributed by atoms with van der Waals surface area (Å²) in [5, 5.41) is 6.64. The molecule has 0 saturated heterocycles. The van der Waals surface area contributed by atoms with E-state index in [2.05, 4.69) is 15.5 Å². The number of nitrogens with two attached hydrogens (primary N) is 1. The van der Waals surface area contributed by atoms with Gasteiger partial charge in [0.25, 0.3) is 0 Å². The van der Waals surface area contributed by atoms with Crippen LogP contribution in [0.1, 0.15) is 36.9 Å². The van der Waals surface area contributed by atoms with E-state index in [0.29, 0.717) is 42.0 Å². The summed E-state index contributed by atoms with van der Waals surface area (Å²) in [6.45, 7) is 0.593. The van der Waals surface area contributed by atoms with Crippen LogP contribution < -0.4 is 15.8 Å². The van der Waals surface area contributed by atoms with Gasteiger partial charge < -0.3 is 20.3 Å². The van der Waals surface area contributed by atoms with Gasteiger partial charge >= 0.3 is 0 Å². The molecule has 1 aliphatic carbocycles. The Morgan fingerprint density at radius 1 is 1.36 bits per heavy atom. The maximum absolute atomic E-state index is 11.4. The van der Waals surface area contributed by atoms with Gasteiger partial charge in [0.1, 0.15) is 5.75 Å². The number of anilines is 1. The monoisotopic (exact) mass is 302 g/mol. The number of carbonyl (C=O) groups is 1. The van der Waals surface area contributed by atoms with E-state index in [1.165, 1.54) is 0 Å². The van der Waals surface area contributed by atoms with Gasteiger partial charge in [0, 0.05) is 24.6 Å². The Hall–Kier alpha value is -2.41. The maximum atomic E-state index is 11.4. The highest BCUT2D eigenvalue weighted by Gasteiger charge is 2.29. The topological polar surface area (TPSA) is 103 Å². The number of hydrogen-bond donors (Lipinski definition) is 2. The fourth-order valence-electron chi connectivity index (χ4n) is 1.96. The van der Waals surface area contributed by atoms with Crippen LogP contribution in [0.15, 0.2) is 28.8 Å². The van der Waals surface area contributed by atoms with Crippen molar-refractivity contribution in [1.29, 1.82) is 0 Å². The molecule has 116 valence electrons. The molecule has 0 bridgehead atoms. The van der Waals surface area contributed by atoms with Crippen LogP contribution in [-0.2, 0) is 11.4 Å². The van der Waals surface area contributed by atoms with Crippen LogP contribution in [0.4, 0.5) is 5.69 Å². The predicted molar refractivity (Wildman–Crippen MR) is 79.3 cm³/mol. The number of rotatable bonds is 7. The summed E-state index contributed by atoms with van der Waals surface area (Å²) in [6.07, 6.45) is 2.55. The fourth-order valence-corrected chi connectivity index (χ4v) is 1.96. The van der Waals surface area contributed by atoms with Crippen LogP contribution in [0.2, 0.25) is 0 Å². The highest BCUT2D eigenvalue weighted by atomic mass is 16.5. The molecule has 3 N–H and O–H groups in total. The first-order valence-corrected chi connectivity index (χ1v) is 7.30. The number of nitrogens with one attached hydrogen (secondary N) is 1. The van der Waals surface area contributed by atoms with Crippen molar-refractivity contribution >= 4 is 11.6 Å². The summed E-state index contributed by atoms with van der Waals surface area (Å²) in [4.78, 5) is 15.7. The van der Waals surface area contributed by atoms with Gasteiger partial charge in [-0.15, -0.1) is 0 Å². The van der Waals surface area contributed by atoms with Crippen molar-refractivity contribution in [2.24, 2.45) is 5.73 Å². The van der Waals surface area contributed by atoms with Crippen LogP contribution in [0.25, 0.3) is 0 Å². The van der Waals surface area contributed by atoms with Crippen molar-refractivity contribution in [1.82, 2.24) is 10.1 Å². The largest absolute Gasteiger partial charge is 0.485 e. The third-order valence-corrected chi connectivity index (χ3v) is 3.29. The van der Waals surface area contributed by atoms with E-state index < -0.39 is 0 Å². The van der Waals surface area contributed by atoms with Gasteiger partial charge in [-0.3, -0.25) is 4.79 Å². The normalized spacial score (nSPS) is 13.9. The molecule has 1 fully saturated rings. The molecule has 0 spiro atoms. The first-order valence-electron chi connectivity index (χ1n) is 7.30. The third-order valence-electron chi connectivity index (χ3n) is 3.29. The molecule has 0 atom stereocenters. The van der Waals surface area contributed by atoms with Crippen LogP contribution in [0.5, 0.6) is 5.75 Å². The second-order valence-electron chi connectivity index (χ2n) is 5.22. The number of benzene rings is 1. The Morgan fingerprint density at radius 2 is 2.14 bits per heavy atom. The molecule has 1 aliphatic rings. The molecule has 2 aromatic rings. The van der Waals surface area contributed by atoms with E-state index in [4.69, 9.17) is 15.0 Å². The van der Waals surface area contributed by atoms with Gasteiger partial charge in [-0.2, -0.15) is 4.98 Å². The minimum Gasteiger partial charge on any atom is -0.485 e. The zero-order valence-corrected chi connectivity index (χ0v) is 12.1. The van der Waals surface area contributed by atoms with E-state index in [1.54, 1.807) is 24.3 Å². The van der Waals surface area contributed by atoms with Crippen molar-refractivity contribution in [3.8, 4) is 5.75 Å². The molecule has 7 nitrogen and oxygen atoms in total. The Morgan fingerprint density at radius 3 is 2.82 bits per heavy atom. The summed E-state index contributed by atoms with van der Waals surface area (Å²) in [7, 11) is 0. The number of aromatic nitrogens is 2. The van der Waals surface area contributed by atoms with Gasteiger partial charge in [-0.05, 0) is 37.1 Å². The van der Waals surface area contributed by atoms with E-state index in [0.717, 1.165) is 12.8 Å². The molecule has 1 saturated carbocycles. The third kappa shape index (κ3) is 3.82. The van der Waals surface area contributed by atoms with E-state index in [9.17, 15) is 4.79 Å². The van der Waals surface area contributed by atoms with Gasteiger partial charge in [0.15, 0.2) is 6.61 Å². The molecular formula is C15H18N4O3. The average Bonchev–Trinajstić information content (AvgIpc) is 3.26. The molecule has 1 heterocycles. The highest BCUT2D eigenvalue weighted by Crippen LogP contribution is 2.38. The highest BCUT2D eigenvalue weighted by molar-refractivity contribution is 5.90. The first kappa shape index (κ1) is 14.5. The van der Waals surface area contributed by atoms with E-state index >= 15 is 0 Å². The smallest absolute Gasteiger partial charge is 0.229 e. The number of amides is 1. The minimum absolute atomic E-state index is 0.101. The lowest BCUT2D eigenvalue weighted by Gasteiger charge is -2.06. The zero-order valence-electron chi connectivity index (χ0n) is 12.1. The Balaban J connectivity index is 1.50. The molecule has 22 heavy (non-hydrogen) atoms. The lowest BCUT2D eigenvalue weighted by Crippen LogP contribution is -2.16. The molecule has 0 unspecified atom stereocenters. The summed E-state index contributed by atoms with van der Waals surface area (Å²) < 4.78 is 10.8. The first-order chi connectivity index (χ1) is 10.7. The lowest BCUT2D eigenvalue weighted by molar-refractivity contribution is -0.116. The minimum atomic E-state index is -0.101. The van der Waals surface area contributed by atoms with Crippen molar-refractivity contribution in [2.45, 2.75) is 31.8 Å². The van der Waals surface area contributed by atoms with E-state index in [-0.39, 0.29) is 12.5 Å². The quantitative estimate of drug-likeness (QED) is 0.808. The van der Waals surface area contributed by atoms with Crippen molar-refractivity contribution < 1.29 is 14.1 Å². The van der Waals surface area contributed by atoms with Crippen LogP contribution in [0, 0.1) is 0 Å². The molecule has 7 heteroatoms. The predicted octanol–water partition coefficient (Wildman–Crippen LogP) is 1.81. The Labute approximate surface area is 127 Å². The van der Waals surface area contributed by atoms with Gasteiger partial charge in [-0.1, -0.05) is 5.16 Å². The maximum Gasteiger partial charge on any atom is 0.229 e. The second kappa shape index (κ2) is 6.57. The molecular weight excluding hydrogens is 284 g/mol. The summed E-state index contributed by atoms with van der Waals surface area (Å²) >= 11 is 0. The number of hydrogen-bond acceptors (Lipinski definition) is 6. The van der Waals surface area contributed by atoms with Gasteiger partial charge in [0.05, 0.1) is 0 Å². The number of carbonyl (C=O) groups excluding carboxylic acids is 1. The molecule has 3 rings (SSSR count). The summed E-state index contributed by atoms with van der Waals surface area (Å²) in [6, 6.07) is 7.10. The molecule has 1 aromatic heterocycles. The van der Waals surface area contributed by atoms with Crippen molar-refractivity contribution in [2.75, 3.05) is 11.9 Å². The molecule has 0 radical (unpaired) electrons. The van der Waals surface area contributed by atoms with Crippen LogP contribution in [0.3, 0.4) is 0 Å². The standard InChI is InChI=1S/C15H18N4O3/c16-8-7-14(20)17-11-3-5-12(6-4-11)21-9-13-18-15(22-19-13)10-1-2-10/h3-6,10H,1-2,7-9,16H2,(H,17,20). The summed E-state index contributed by atoms with van der Waals surface area (Å²) in [5.41, 5.74) is 6.04. The van der Waals surface area contributed by atoms with Crippen molar-refractivity contribution in [3.63, 3.8) is 0 Å². The molecule has 1 amide bonds. The van der Waals surface area contributed by atoms with E-state index in [1.807, 2.05) is 0 Å². The Kier molecular flexibility index (Phi) is 4.34. The zero-order chi connectivity index (χ0) is 15.4. The number of nitrogens with zero attached hydrogens (tertiary/aromatic N) is 2. The fraction of sp³-hybridized carbons (Fsp3) is 0.400. The van der Waals surface area contributed by atoms with Crippen LogP contribution in [-0.4, -0.2) is 22.6 Å². The SMILES string of the molecule is NCCC(=O)Nc1ccc(OCc2noc(C3CC3)n2)cc1.